The van der Waals surface area contributed by atoms with Crippen LogP contribution >= 0.6 is 0 Å². The molecule has 0 aliphatic carbocycles. The molecule has 0 N–H and O–H groups in total. The molecule has 2 aromatic carbocycles. The molecule has 5 rings (SSSR count). The number of benzene rings is 2. The molecule has 3 heterocycles. The zero-order valence-corrected chi connectivity index (χ0v) is 18.9. The van der Waals surface area contributed by atoms with E-state index in [2.05, 4.69) is 36.9 Å². The van der Waals surface area contributed by atoms with E-state index in [1.165, 1.54) is 0 Å². The van der Waals surface area contributed by atoms with Gasteiger partial charge in [0.05, 0.1) is 12.6 Å². The highest BCUT2D eigenvalue weighted by Gasteiger charge is 2.44. The van der Waals surface area contributed by atoms with Crippen LogP contribution in [-0.4, -0.2) is 48.3 Å². The maximum atomic E-state index is 13.9. The van der Waals surface area contributed by atoms with Crippen molar-refractivity contribution in [3.8, 4) is 11.5 Å². The summed E-state index contributed by atoms with van der Waals surface area (Å²) in [4.78, 5) is 22.9. The summed E-state index contributed by atoms with van der Waals surface area (Å²) in [7, 11) is 2.00. The number of carbonyl (C=O) groups excluding carboxylic acids is 1. The number of ether oxygens (including phenoxy) is 2. The number of amides is 1. The zero-order chi connectivity index (χ0) is 22.2. The Morgan fingerprint density at radius 1 is 1.09 bits per heavy atom. The molecule has 6 heteroatoms. The summed E-state index contributed by atoms with van der Waals surface area (Å²) in [6.45, 7) is 6.60. The lowest BCUT2D eigenvalue weighted by molar-refractivity contribution is -0.129. The molecule has 0 fully saturated rings. The molecule has 3 aliphatic rings. The fourth-order valence-corrected chi connectivity index (χ4v) is 4.78. The second-order valence-electron chi connectivity index (χ2n) is 9.04. The molecule has 6 nitrogen and oxygen atoms in total. The van der Waals surface area contributed by atoms with Gasteiger partial charge >= 0.3 is 0 Å². The minimum atomic E-state index is -0.217. The largest absolute Gasteiger partial charge is 0.454 e. The zero-order valence-electron chi connectivity index (χ0n) is 18.9. The van der Waals surface area contributed by atoms with Gasteiger partial charge < -0.3 is 19.3 Å². The summed E-state index contributed by atoms with van der Waals surface area (Å²) in [5.74, 6) is 1.98. The van der Waals surface area contributed by atoms with Gasteiger partial charge in [-0.25, -0.2) is 0 Å². The van der Waals surface area contributed by atoms with Gasteiger partial charge in [0.25, 0.3) is 5.91 Å². The Labute approximate surface area is 189 Å². The summed E-state index contributed by atoms with van der Waals surface area (Å²) in [6, 6.07) is 16.0. The summed E-state index contributed by atoms with van der Waals surface area (Å²) in [5.41, 5.74) is 4.99. The number of nitrogens with zero attached hydrogens (tertiary/aromatic N) is 3. The minimum Gasteiger partial charge on any atom is -0.454 e. The first-order chi connectivity index (χ1) is 15.5. The van der Waals surface area contributed by atoms with Crippen molar-refractivity contribution in [2.45, 2.75) is 32.9 Å². The highest BCUT2D eigenvalue weighted by molar-refractivity contribution is 6.12. The third-order valence-corrected chi connectivity index (χ3v) is 6.24. The maximum Gasteiger partial charge on any atom is 0.271 e. The molecule has 0 aromatic heterocycles. The van der Waals surface area contributed by atoms with Crippen LogP contribution in [0.25, 0.3) is 0 Å². The van der Waals surface area contributed by atoms with E-state index in [0.29, 0.717) is 19.0 Å². The lowest BCUT2D eigenvalue weighted by atomic mass is 9.90. The normalized spacial score (nSPS) is 20.1. The molecule has 0 saturated carbocycles. The first kappa shape index (κ1) is 20.6. The summed E-state index contributed by atoms with van der Waals surface area (Å²) in [6.07, 6.45) is 0.847. The Kier molecular flexibility index (Phi) is 5.37. The number of rotatable bonds is 5. The average Bonchev–Trinajstić information content (AvgIpc) is 3.31. The van der Waals surface area contributed by atoms with Crippen molar-refractivity contribution < 1.29 is 14.3 Å². The SMILES string of the molecule is CC(C)CC1=NCCN(C)C2=C1C(c1ccc3c(c1)OCO3)N(Cc1ccccc1)C2=O. The molecule has 1 amide bonds. The van der Waals surface area contributed by atoms with E-state index in [0.717, 1.165) is 52.6 Å². The molecule has 32 heavy (non-hydrogen) atoms. The van der Waals surface area contributed by atoms with Crippen molar-refractivity contribution in [3.63, 3.8) is 0 Å². The number of fused-ring (bicyclic) bond motifs is 1. The van der Waals surface area contributed by atoms with E-state index in [9.17, 15) is 4.79 Å². The van der Waals surface area contributed by atoms with Crippen LogP contribution in [-0.2, 0) is 11.3 Å². The third-order valence-electron chi connectivity index (χ3n) is 6.24. The van der Waals surface area contributed by atoms with E-state index in [1.54, 1.807) is 0 Å². The standard InChI is InChI=1S/C26H29N3O3/c1-17(2)13-20-23-24(19-9-10-21-22(14-19)32-16-31-21)29(15-18-7-5-4-6-8-18)26(30)25(23)28(3)12-11-27-20/h4-10,14,17,24H,11-13,15-16H2,1-3H3. The fraction of sp³-hybridized carbons (Fsp3) is 0.385. The van der Waals surface area contributed by atoms with Gasteiger partial charge in [0, 0.05) is 31.4 Å². The Hall–Kier alpha value is -3.28. The van der Waals surface area contributed by atoms with Gasteiger partial charge in [0.1, 0.15) is 5.70 Å². The fourth-order valence-electron chi connectivity index (χ4n) is 4.78. The van der Waals surface area contributed by atoms with Gasteiger partial charge in [-0.15, -0.1) is 0 Å². The quantitative estimate of drug-likeness (QED) is 0.713. The molecule has 0 radical (unpaired) electrons. The van der Waals surface area contributed by atoms with Crippen LogP contribution in [0.5, 0.6) is 11.5 Å². The van der Waals surface area contributed by atoms with Gasteiger partial charge in [0.15, 0.2) is 11.5 Å². The molecular weight excluding hydrogens is 402 g/mol. The molecule has 2 aromatic rings. The number of likely N-dealkylation sites (N-methyl/N-ethyl adjacent to an activating group) is 1. The van der Waals surface area contributed by atoms with Crippen molar-refractivity contribution in [2.75, 3.05) is 26.9 Å². The predicted octanol–water partition coefficient (Wildman–Crippen LogP) is 4.19. The molecule has 0 saturated heterocycles. The Bertz CT molecular complexity index is 1090. The maximum absolute atomic E-state index is 13.9. The number of aliphatic imine (C=N–C) groups is 1. The Morgan fingerprint density at radius 2 is 1.88 bits per heavy atom. The average molecular weight is 432 g/mol. The van der Waals surface area contributed by atoms with Crippen LogP contribution in [0, 0.1) is 5.92 Å². The summed E-state index contributed by atoms with van der Waals surface area (Å²) >= 11 is 0. The van der Waals surface area contributed by atoms with Crippen molar-refractivity contribution >= 4 is 11.6 Å². The van der Waals surface area contributed by atoms with Crippen LogP contribution in [0.15, 0.2) is 64.8 Å². The van der Waals surface area contributed by atoms with Crippen LogP contribution in [0.3, 0.4) is 0 Å². The Balaban J connectivity index is 1.64. The van der Waals surface area contributed by atoms with Crippen molar-refractivity contribution in [1.82, 2.24) is 9.80 Å². The molecule has 1 unspecified atom stereocenters. The van der Waals surface area contributed by atoms with Gasteiger partial charge in [-0.3, -0.25) is 9.79 Å². The molecule has 1 atom stereocenters. The summed E-state index contributed by atoms with van der Waals surface area (Å²) in [5, 5.41) is 0. The van der Waals surface area contributed by atoms with E-state index in [4.69, 9.17) is 14.5 Å². The predicted molar refractivity (Wildman–Crippen MR) is 124 cm³/mol. The van der Waals surface area contributed by atoms with Crippen LogP contribution in [0.2, 0.25) is 0 Å². The van der Waals surface area contributed by atoms with E-state index < -0.39 is 0 Å². The number of hydrogen-bond donors (Lipinski definition) is 0. The third kappa shape index (κ3) is 3.64. The highest BCUT2D eigenvalue weighted by atomic mass is 16.7. The first-order valence-electron chi connectivity index (χ1n) is 11.3. The van der Waals surface area contributed by atoms with Crippen LogP contribution in [0.1, 0.15) is 37.4 Å². The summed E-state index contributed by atoms with van der Waals surface area (Å²) < 4.78 is 11.2. The second-order valence-corrected chi connectivity index (χ2v) is 9.04. The topological polar surface area (TPSA) is 54.4 Å². The van der Waals surface area contributed by atoms with E-state index >= 15 is 0 Å². The van der Waals surface area contributed by atoms with E-state index in [1.807, 2.05) is 42.3 Å². The van der Waals surface area contributed by atoms with Crippen molar-refractivity contribution in [1.29, 1.82) is 0 Å². The van der Waals surface area contributed by atoms with Gasteiger partial charge in [-0.05, 0) is 35.6 Å². The molecule has 3 aliphatic heterocycles. The smallest absolute Gasteiger partial charge is 0.271 e. The molecule has 0 spiro atoms. The van der Waals surface area contributed by atoms with Gasteiger partial charge in [0.2, 0.25) is 6.79 Å². The molecule has 0 bridgehead atoms. The lowest BCUT2D eigenvalue weighted by Gasteiger charge is -2.29. The Morgan fingerprint density at radius 3 is 2.66 bits per heavy atom. The van der Waals surface area contributed by atoms with Crippen molar-refractivity contribution in [2.24, 2.45) is 10.9 Å². The van der Waals surface area contributed by atoms with Gasteiger partial charge in [-0.1, -0.05) is 50.2 Å². The van der Waals surface area contributed by atoms with Crippen molar-refractivity contribution in [3.05, 3.63) is 70.9 Å². The number of hydrogen-bond acceptors (Lipinski definition) is 5. The monoisotopic (exact) mass is 431 g/mol. The molecular formula is C26H29N3O3. The van der Waals surface area contributed by atoms with Gasteiger partial charge in [-0.2, -0.15) is 0 Å². The highest BCUT2D eigenvalue weighted by Crippen LogP contribution is 2.45. The first-order valence-corrected chi connectivity index (χ1v) is 11.3. The van der Waals surface area contributed by atoms with Crippen LogP contribution < -0.4 is 9.47 Å². The van der Waals surface area contributed by atoms with E-state index in [-0.39, 0.29) is 18.7 Å². The second kappa shape index (κ2) is 8.34. The van der Waals surface area contributed by atoms with Crippen LogP contribution in [0.4, 0.5) is 0 Å². The molecule has 166 valence electrons. The lowest BCUT2D eigenvalue weighted by Crippen LogP contribution is -2.34. The minimum absolute atomic E-state index is 0.0624. The number of carbonyl (C=O) groups is 1.